The Bertz CT molecular complexity index is 207. The molecule has 0 aliphatic heterocycles. The highest BCUT2D eigenvalue weighted by atomic mass is 32.1. The Hall–Kier alpha value is -0.410. The summed E-state index contributed by atoms with van der Waals surface area (Å²) in [5, 5.41) is 3.13. The van der Waals surface area contributed by atoms with Gasteiger partial charge in [-0.1, -0.05) is 6.92 Å². The Labute approximate surface area is 65.1 Å². The maximum Gasteiger partial charge on any atom is 0.0898 e. The van der Waals surface area contributed by atoms with Gasteiger partial charge in [0, 0.05) is 11.4 Å². The first-order valence-electron chi connectivity index (χ1n) is 3.41. The Kier molecular flexibility index (Phi) is 2.40. The van der Waals surface area contributed by atoms with Crippen LogP contribution in [0.1, 0.15) is 30.1 Å². The van der Waals surface area contributed by atoms with Crippen molar-refractivity contribution in [3.8, 4) is 0 Å². The monoisotopic (exact) mass is 156 g/mol. The Morgan fingerprint density at radius 1 is 1.80 bits per heavy atom. The zero-order valence-corrected chi connectivity index (χ0v) is 7.11. The molecule has 0 saturated carbocycles. The summed E-state index contributed by atoms with van der Waals surface area (Å²) in [6.45, 7) is 4.07. The van der Waals surface area contributed by atoms with Crippen LogP contribution >= 0.6 is 11.3 Å². The fraction of sp³-hybridized carbons (Fsp3) is 0.571. The molecule has 1 unspecified atom stereocenters. The summed E-state index contributed by atoms with van der Waals surface area (Å²) in [6, 6.07) is 0.130. The molecule has 0 fully saturated rings. The molecule has 0 radical (unpaired) electrons. The van der Waals surface area contributed by atoms with E-state index in [4.69, 9.17) is 5.73 Å². The van der Waals surface area contributed by atoms with Gasteiger partial charge in [0.25, 0.3) is 0 Å². The van der Waals surface area contributed by atoms with Crippen LogP contribution in [-0.4, -0.2) is 4.98 Å². The van der Waals surface area contributed by atoms with Gasteiger partial charge < -0.3 is 5.73 Å². The standard InChI is InChI=1S/C7H12N2S/c1-3-6(8)7-4-10-5(2)9-7/h4,6H,3,8H2,1-2H3. The second-order valence-electron chi connectivity index (χ2n) is 2.31. The van der Waals surface area contributed by atoms with E-state index in [2.05, 4.69) is 11.9 Å². The Morgan fingerprint density at radius 3 is 2.90 bits per heavy atom. The lowest BCUT2D eigenvalue weighted by Crippen LogP contribution is -2.08. The molecular weight excluding hydrogens is 144 g/mol. The minimum atomic E-state index is 0.130. The van der Waals surface area contributed by atoms with Gasteiger partial charge in [0.15, 0.2) is 0 Å². The normalized spacial score (nSPS) is 13.5. The van der Waals surface area contributed by atoms with E-state index in [-0.39, 0.29) is 6.04 Å². The summed E-state index contributed by atoms with van der Waals surface area (Å²) < 4.78 is 0. The number of nitrogens with zero attached hydrogens (tertiary/aromatic N) is 1. The summed E-state index contributed by atoms with van der Waals surface area (Å²) >= 11 is 1.66. The Morgan fingerprint density at radius 2 is 2.50 bits per heavy atom. The summed E-state index contributed by atoms with van der Waals surface area (Å²) in [4.78, 5) is 4.27. The van der Waals surface area contributed by atoms with Crippen molar-refractivity contribution in [1.29, 1.82) is 0 Å². The molecule has 1 rings (SSSR count). The summed E-state index contributed by atoms with van der Waals surface area (Å²) in [7, 11) is 0. The minimum Gasteiger partial charge on any atom is -0.323 e. The van der Waals surface area contributed by atoms with Crippen molar-refractivity contribution in [2.75, 3.05) is 0 Å². The Balaban J connectivity index is 2.74. The molecule has 0 amide bonds. The third kappa shape index (κ3) is 1.55. The largest absolute Gasteiger partial charge is 0.323 e. The lowest BCUT2D eigenvalue weighted by atomic mass is 10.2. The van der Waals surface area contributed by atoms with Crippen LogP contribution in [-0.2, 0) is 0 Å². The van der Waals surface area contributed by atoms with Crippen LogP contribution in [0.2, 0.25) is 0 Å². The average molecular weight is 156 g/mol. The predicted molar refractivity (Wildman–Crippen MR) is 44.1 cm³/mol. The van der Waals surface area contributed by atoms with Crippen molar-refractivity contribution in [1.82, 2.24) is 4.98 Å². The minimum absolute atomic E-state index is 0.130. The van der Waals surface area contributed by atoms with Crippen molar-refractivity contribution < 1.29 is 0 Å². The molecule has 0 aliphatic rings. The quantitative estimate of drug-likeness (QED) is 0.709. The van der Waals surface area contributed by atoms with Crippen LogP contribution in [0.3, 0.4) is 0 Å². The molecule has 56 valence electrons. The molecule has 2 N–H and O–H groups in total. The van der Waals surface area contributed by atoms with Crippen LogP contribution in [0, 0.1) is 6.92 Å². The number of nitrogens with two attached hydrogens (primary N) is 1. The van der Waals surface area contributed by atoms with Gasteiger partial charge in [-0.15, -0.1) is 11.3 Å². The molecule has 0 bridgehead atoms. The molecule has 1 atom stereocenters. The van der Waals surface area contributed by atoms with E-state index in [1.54, 1.807) is 11.3 Å². The molecule has 0 spiro atoms. The van der Waals surface area contributed by atoms with Crippen molar-refractivity contribution in [2.45, 2.75) is 26.3 Å². The van der Waals surface area contributed by atoms with E-state index in [1.165, 1.54) is 0 Å². The molecule has 1 heterocycles. The fourth-order valence-electron chi connectivity index (χ4n) is 0.760. The molecule has 1 aromatic heterocycles. The lowest BCUT2D eigenvalue weighted by Gasteiger charge is -2.02. The van der Waals surface area contributed by atoms with E-state index >= 15 is 0 Å². The van der Waals surface area contributed by atoms with Crippen molar-refractivity contribution in [3.05, 3.63) is 16.1 Å². The molecule has 0 aliphatic carbocycles. The lowest BCUT2D eigenvalue weighted by molar-refractivity contribution is 0.679. The topological polar surface area (TPSA) is 38.9 Å². The van der Waals surface area contributed by atoms with E-state index in [9.17, 15) is 0 Å². The van der Waals surface area contributed by atoms with E-state index < -0.39 is 0 Å². The average Bonchev–Trinajstić information content (AvgIpc) is 2.34. The second-order valence-corrected chi connectivity index (χ2v) is 3.37. The zero-order valence-electron chi connectivity index (χ0n) is 6.29. The summed E-state index contributed by atoms with van der Waals surface area (Å²) in [5.74, 6) is 0. The maximum absolute atomic E-state index is 5.75. The smallest absolute Gasteiger partial charge is 0.0898 e. The van der Waals surface area contributed by atoms with Gasteiger partial charge in [-0.3, -0.25) is 0 Å². The second kappa shape index (κ2) is 3.12. The van der Waals surface area contributed by atoms with Gasteiger partial charge in [-0.2, -0.15) is 0 Å². The third-order valence-corrected chi connectivity index (χ3v) is 2.25. The first-order chi connectivity index (χ1) is 4.74. The number of hydrogen-bond acceptors (Lipinski definition) is 3. The van der Waals surface area contributed by atoms with E-state index in [0.29, 0.717) is 0 Å². The predicted octanol–water partition coefficient (Wildman–Crippen LogP) is 1.86. The molecule has 0 saturated heterocycles. The van der Waals surface area contributed by atoms with Crippen LogP contribution in [0.15, 0.2) is 5.38 Å². The van der Waals surface area contributed by atoms with Crippen molar-refractivity contribution >= 4 is 11.3 Å². The molecular formula is C7H12N2S. The fourth-order valence-corrected chi connectivity index (χ4v) is 1.44. The number of thiazole rings is 1. The van der Waals surface area contributed by atoms with Crippen LogP contribution in [0.25, 0.3) is 0 Å². The van der Waals surface area contributed by atoms with Gasteiger partial charge in [-0.05, 0) is 13.3 Å². The molecule has 10 heavy (non-hydrogen) atoms. The zero-order chi connectivity index (χ0) is 7.56. The van der Waals surface area contributed by atoms with Gasteiger partial charge in [0.05, 0.1) is 10.7 Å². The van der Waals surface area contributed by atoms with E-state index in [0.717, 1.165) is 17.1 Å². The molecule has 3 heteroatoms. The van der Waals surface area contributed by atoms with Crippen LogP contribution in [0.4, 0.5) is 0 Å². The highest BCUT2D eigenvalue weighted by Crippen LogP contribution is 2.15. The maximum atomic E-state index is 5.75. The first kappa shape index (κ1) is 7.69. The third-order valence-electron chi connectivity index (χ3n) is 1.46. The van der Waals surface area contributed by atoms with Gasteiger partial charge in [-0.25, -0.2) is 4.98 Å². The molecule has 2 nitrogen and oxygen atoms in total. The van der Waals surface area contributed by atoms with Crippen LogP contribution < -0.4 is 5.73 Å². The highest BCUT2D eigenvalue weighted by Gasteiger charge is 2.05. The first-order valence-corrected chi connectivity index (χ1v) is 4.29. The van der Waals surface area contributed by atoms with E-state index in [1.807, 2.05) is 12.3 Å². The van der Waals surface area contributed by atoms with Gasteiger partial charge in [0.1, 0.15) is 0 Å². The number of hydrogen-bond donors (Lipinski definition) is 1. The molecule has 0 aromatic carbocycles. The summed E-state index contributed by atoms with van der Waals surface area (Å²) in [5.41, 5.74) is 6.78. The van der Waals surface area contributed by atoms with Crippen molar-refractivity contribution in [3.63, 3.8) is 0 Å². The number of aromatic nitrogens is 1. The highest BCUT2D eigenvalue weighted by molar-refractivity contribution is 7.09. The number of aryl methyl sites for hydroxylation is 1. The number of rotatable bonds is 2. The molecule has 1 aromatic rings. The van der Waals surface area contributed by atoms with Gasteiger partial charge in [0.2, 0.25) is 0 Å². The summed E-state index contributed by atoms with van der Waals surface area (Å²) in [6.07, 6.45) is 0.961. The van der Waals surface area contributed by atoms with Crippen molar-refractivity contribution in [2.24, 2.45) is 5.73 Å². The SMILES string of the molecule is CCC(N)c1csc(C)n1. The van der Waals surface area contributed by atoms with Gasteiger partial charge >= 0.3 is 0 Å². The van der Waals surface area contributed by atoms with Crippen LogP contribution in [0.5, 0.6) is 0 Å².